The van der Waals surface area contributed by atoms with Gasteiger partial charge in [0.05, 0.1) is 17.4 Å². The molecule has 1 aliphatic heterocycles. The van der Waals surface area contributed by atoms with Gasteiger partial charge in [-0.2, -0.15) is 0 Å². The number of likely N-dealkylation sites (tertiary alicyclic amines) is 1. The molecule has 3 aliphatic rings. The van der Waals surface area contributed by atoms with Crippen molar-refractivity contribution in [2.24, 2.45) is 23.7 Å². The Balaban J connectivity index is 1.36. The van der Waals surface area contributed by atoms with Crippen LogP contribution in [0.15, 0.2) is 22.6 Å². The molecule has 3 amide bonds. The molecule has 1 saturated carbocycles. The van der Waals surface area contributed by atoms with Crippen molar-refractivity contribution in [1.82, 2.24) is 10.2 Å². The highest BCUT2D eigenvalue weighted by Crippen LogP contribution is 2.52. The first kappa shape index (κ1) is 17.1. The summed E-state index contributed by atoms with van der Waals surface area (Å²) in [6.07, 6.45) is 5.09. The molecule has 1 saturated heterocycles. The van der Waals surface area contributed by atoms with Crippen molar-refractivity contribution >= 4 is 17.7 Å². The average Bonchev–Trinajstić information content (AvgIpc) is 3.34. The molecule has 26 heavy (non-hydrogen) atoms. The number of aryl methyl sites for hydroxylation is 1. The Labute approximate surface area is 152 Å². The lowest BCUT2D eigenvalue weighted by Gasteiger charge is -2.17. The minimum absolute atomic E-state index is 0.0762. The van der Waals surface area contributed by atoms with Crippen molar-refractivity contribution in [3.05, 3.63) is 35.3 Å². The van der Waals surface area contributed by atoms with E-state index in [1.807, 2.05) is 13.8 Å². The number of carbonyl (C=O) groups is 3. The quantitative estimate of drug-likeness (QED) is 0.648. The van der Waals surface area contributed by atoms with Gasteiger partial charge in [-0.25, -0.2) is 0 Å². The molecule has 4 atom stereocenters. The lowest BCUT2D eigenvalue weighted by Crippen LogP contribution is -2.39. The van der Waals surface area contributed by atoms with Crippen molar-refractivity contribution in [1.29, 1.82) is 0 Å². The van der Waals surface area contributed by atoms with Crippen molar-refractivity contribution < 1.29 is 18.8 Å². The number of amides is 3. The van der Waals surface area contributed by atoms with E-state index in [1.54, 1.807) is 13.0 Å². The number of furan rings is 1. The third-order valence-electron chi connectivity index (χ3n) is 5.93. The van der Waals surface area contributed by atoms with Gasteiger partial charge in [0.2, 0.25) is 11.8 Å². The summed E-state index contributed by atoms with van der Waals surface area (Å²) in [5, 5.41) is 2.80. The lowest BCUT2D eigenvalue weighted by molar-refractivity contribution is -0.140. The zero-order chi connectivity index (χ0) is 18.6. The lowest BCUT2D eigenvalue weighted by atomic mass is 9.85. The number of rotatable bonds is 5. The molecule has 2 bridgehead atoms. The van der Waals surface area contributed by atoms with Crippen LogP contribution in [-0.2, 0) is 9.59 Å². The van der Waals surface area contributed by atoms with Crippen molar-refractivity contribution in [3.8, 4) is 0 Å². The second-order valence-corrected chi connectivity index (χ2v) is 7.86. The molecule has 2 aliphatic carbocycles. The van der Waals surface area contributed by atoms with Gasteiger partial charge < -0.3 is 9.73 Å². The normalized spacial score (nSPS) is 29.2. The molecule has 2 heterocycles. The summed E-state index contributed by atoms with van der Waals surface area (Å²) < 4.78 is 5.61. The van der Waals surface area contributed by atoms with Crippen LogP contribution in [0.2, 0.25) is 0 Å². The zero-order valence-corrected chi connectivity index (χ0v) is 15.3. The summed E-state index contributed by atoms with van der Waals surface area (Å²) in [5.74, 6) is 1.23. The molecular formula is C20H24N2O4. The molecule has 1 N–H and O–H groups in total. The highest BCUT2D eigenvalue weighted by atomic mass is 16.3. The van der Waals surface area contributed by atoms with Crippen LogP contribution in [0.3, 0.4) is 0 Å². The van der Waals surface area contributed by atoms with Gasteiger partial charge in [-0.3, -0.25) is 19.3 Å². The van der Waals surface area contributed by atoms with Crippen LogP contribution in [-0.4, -0.2) is 35.7 Å². The number of fused-ring (bicyclic) bond motifs is 5. The topological polar surface area (TPSA) is 79.6 Å². The Hall–Kier alpha value is -2.37. The molecular weight excluding hydrogens is 332 g/mol. The molecule has 138 valence electrons. The van der Waals surface area contributed by atoms with Gasteiger partial charge in [0, 0.05) is 19.0 Å². The third-order valence-corrected chi connectivity index (χ3v) is 5.93. The summed E-state index contributed by atoms with van der Waals surface area (Å²) in [4.78, 5) is 38.9. The predicted molar refractivity (Wildman–Crippen MR) is 94.3 cm³/mol. The van der Waals surface area contributed by atoms with E-state index >= 15 is 0 Å². The summed E-state index contributed by atoms with van der Waals surface area (Å²) in [6.45, 7) is 6.25. The average molecular weight is 356 g/mol. The Morgan fingerprint density at radius 1 is 1.23 bits per heavy atom. The van der Waals surface area contributed by atoms with E-state index < -0.39 is 0 Å². The second kappa shape index (κ2) is 6.11. The van der Waals surface area contributed by atoms with Gasteiger partial charge in [-0.15, -0.1) is 0 Å². The van der Waals surface area contributed by atoms with Gasteiger partial charge >= 0.3 is 0 Å². The maximum atomic E-state index is 12.6. The fraction of sp³-hybridized carbons (Fsp3) is 0.550. The van der Waals surface area contributed by atoms with Gasteiger partial charge in [0.25, 0.3) is 5.91 Å². The van der Waals surface area contributed by atoms with E-state index in [9.17, 15) is 14.4 Å². The first-order valence-electron chi connectivity index (χ1n) is 9.30. The molecule has 4 unspecified atom stereocenters. The number of carbonyl (C=O) groups excluding carboxylic acids is 3. The first-order valence-corrected chi connectivity index (χ1v) is 9.30. The number of nitrogens with one attached hydrogen (secondary N) is 1. The summed E-state index contributed by atoms with van der Waals surface area (Å²) in [5.41, 5.74) is 0.506. The fourth-order valence-corrected chi connectivity index (χ4v) is 4.58. The van der Waals surface area contributed by atoms with E-state index in [2.05, 4.69) is 17.5 Å². The maximum Gasteiger partial charge on any atom is 0.254 e. The van der Waals surface area contributed by atoms with Gasteiger partial charge in [-0.05, 0) is 31.2 Å². The smallest absolute Gasteiger partial charge is 0.254 e. The highest BCUT2D eigenvalue weighted by molar-refractivity contribution is 6.06. The van der Waals surface area contributed by atoms with Gasteiger partial charge in [0.1, 0.15) is 11.5 Å². The predicted octanol–water partition coefficient (Wildman–Crippen LogP) is 2.25. The SMILES string of the molecule is Cc1oc(C(C)C)cc1C(=O)NCCN1C(=O)C2C3C=CC(C3)C2C1=O. The van der Waals surface area contributed by atoms with Crippen LogP contribution in [0.5, 0.6) is 0 Å². The molecule has 1 aromatic rings. The number of allylic oxidation sites excluding steroid dienone is 2. The fourth-order valence-electron chi connectivity index (χ4n) is 4.58. The standard InChI is InChI=1S/C20H24N2O4/c1-10(2)15-9-14(11(3)26-15)18(23)21-6-7-22-19(24)16-12-4-5-13(8-12)17(16)20(22)25/h4-5,9-10,12-13,16-17H,6-8H2,1-3H3,(H,21,23). The van der Waals surface area contributed by atoms with Crippen LogP contribution < -0.4 is 5.32 Å². The largest absolute Gasteiger partial charge is 0.465 e. The van der Waals surface area contributed by atoms with Crippen LogP contribution in [0.4, 0.5) is 0 Å². The number of hydrogen-bond donors (Lipinski definition) is 1. The van der Waals surface area contributed by atoms with E-state index in [4.69, 9.17) is 4.42 Å². The van der Waals surface area contributed by atoms with Gasteiger partial charge in [0.15, 0.2) is 0 Å². The number of nitrogens with zero attached hydrogens (tertiary/aromatic N) is 1. The van der Waals surface area contributed by atoms with Crippen LogP contribution in [0, 0.1) is 30.6 Å². The minimum atomic E-state index is -0.237. The van der Waals surface area contributed by atoms with Crippen molar-refractivity contribution in [2.75, 3.05) is 13.1 Å². The molecule has 4 rings (SSSR count). The molecule has 6 heteroatoms. The number of imide groups is 1. The van der Waals surface area contributed by atoms with E-state index in [0.717, 1.165) is 12.2 Å². The van der Waals surface area contributed by atoms with E-state index in [-0.39, 0.29) is 60.4 Å². The maximum absolute atomic E-state index is 12.6. The summed E-state index contributed by atoms with van der Waals surface area (Å²) >= 11 is 0. The van der Waals surface area contributed by atoms with Gasteiger partial charge in [-0.1, -0.05) is 26.0 Å². The minimum Gasteiger partial charge on any atom is -0.465 e. The molecule has 6 nitrogen and oxygen atoms in total. The molecule has 0 spiro atoms. The number of hydrogen-bond acceptors (Lipinski definition) is 4. The highest BCUT2D eigenvalue weighted by Gasteiger charge is 2.58. The molecule has 0 radical (unpaired) electrons. The Morgan fingerprint density at radius 3 is 2.38 bits per heavy atom. The van der Waals surface area contributed by atoms with Crippen LogP contribution in [0.1, 0.15) is 48.1 Å². The summed E-state index contributed by atoms with van der Waals surface area (Å²) in [6, 6.07) is 1.76. The monoisotopic (exact) mass is 356 g/mol. The van der Waals surface area contributed by atoms with Crippen molar-refractivity contribution in [2.45, 2.75) is 33.1 Å². The zero-order valence-electron chi connectivity index (χ0n) is 15.3. The second-order valence-electron chi connectivity index (χ2n) is 7.86. The Morgan fingerprint density at radius 2 is 1.85 bits per heavy atom. The molecule has 2 fully saturated rings. The first-order chi connectivity index (χ1) is 12.4. The molecule has 1 aromatic heterocycles. The van der Waals surface area contributed by atoms with Crippen molar-refractivity contribution in [3.63, 3.8) is 0 Å². The Bertz CT molecular complexity index is 777. The summed E-state index contributed by atoms with van der Waals surface area (Å²) in [7, 11) is 0. The van der Waals surface area contributed by atoms with Crippen LogP contribution >= 0.6 is 0 Å². The Kier molecular flexibility index (Phi) is 4.01. The molecule has 0 aromatic carbocycles. The van der Waals surface area contributed by atoms with E-state index in [1.165, 1.54) is 4.90 Å². The third kappa shape index (κ3) is 2.50. The van der Waals surface area contributed by atoms with E-state index in [0.29, 0.717) is 11.3 Å². The van der Waals surface area contributed by atoms with Crippen LogP contribution in [0.25, 0.3) is 0 Å².